The van der Waals surface area contributed by atoms with E-state index in [4.69, 9.17) is 4.74 Å². The highest BCUT2D eigenvalue weighted by molar-refractivity contribution is 6.05. The number of amides is 1. The zero-order chi connectivity index (χ0) is 19.4. The zero-order valence-electron chi connectivity index (χ0n) is 15.2. The van der Waals surface area contributed by atoms with Gasteiger partial charge in [-0.15, -0.1) is 0 Å². The number of carbonyl (C=O) groups excluding carboxylic acids is 3. The highest BCUT2D eigenvalue weighted by atomic mass is 19.1. The molecule has 0 saturated heterocycles. The fourth-order valence-corrected chi connectivity index (χ4v) is 2.78. The van der Waals surface area contributed by atoms with E-state index in [9.17, 15) is 18.8 Å². The molecule has 0 spiro atoms. The van der Waals surface area contributed by atoms with Gasteiger partial charge in [0, 0.05) is 23.9 Å². The van der Waals surface area contributed by atoms with Gasteiger partial charge in [0.2, 0.25) is 0 Å². The summed E-state index contributed by atoms with van der Waals surface area (Å²) in [5.74, 6) is -1.84. The van der Waals surface area contributed by atoms with Crippen LogP contribution in [-0.4, -0.2) is 47.7 Å². The van der Waals surface area contributed by atoms with Gasteiger partial charge in [-0.1, -0.05) is 6.07 Å². The van der Waals surface area contributed by atoms with E-state index in [-0.39, 0.29) is 30.2 Å². The number of esters is 1. The number of Topliss-reactive ketones (excluding diaryl/α,β-unsaturated/α-hetero) is 1. The summed E-state index contributed by atoms with van der Waals surface area (Å²) in [7, 11) is 1.47. The number of ether oxygens (including phenoxy) is 1. The lowest BCUT2D eigenvalue weighted by atomic mass is 10.0. The number of likely N-dealkylation sites (N-methyl/N-ethyl adjacent to an activating group) is 1. The lowest BCUT2D eigenvalue weighted by molar-refractivity contribution is 0.0519. The minimum atomic E-state index is -0.531. The number of aromatic nitrogens is 1. The Kier molecular flexibility index (Phi) is 5.92. The van der Waals surface area contributed by atoms with Crippen LogP contribution in [0.3, 0.4) is 0 Å². The van der Waals surface area contributed by atoms with Crippen LogP contribution in [0.15, 0.2) is 24.3 Å². The molecule has 1 aromatic carbocycles. The molecular formula is C19H21FN2O4. The van der Waals surface area contributed by atoms with Crippen LogP contribution in [0.4, 0.5) is 4.39 Å². The average molecular weight is 360 g/mol. The van der Waals surface area contributed by atoms with Crippen LogP contribution in [-0.2, 0) is 4.74 Å². The van der Waals surface area contributed by atoms with Crippen molar-refractivity contribution in [3.63, 3.8) is 0 Å². The molecule has 0 unspecified atom stereocenters. The van der Waals surface area contributed by atoms with Crippen molar-refractivity contribution in [1.82, 2.24) is 9.88 Å². The Balaban J connectivity index is 2.19. The predicted octanol–water partition coefficient (Wildman–Crippen LogP) is 2.90. The smallest absolute Gasteiger partial charge is 0.355 e. The largest absolute Gasteiger partial charge is 0.461 e. The third-order valence-electron chi connectivity index (χ3n) is 3.99. The van der Waals surface area contributed by atoms with E-state index in [1.807, 2.05) is 0 Å². The molecule has 2 rings (SSSR count). The van der Waals surface area contributed by atoms with Crippen molar-refractivity contribution in [3.05, 3.63) is 58.2 Å². The number of aryl methyl sites for hydroxylation is 1. The Labute approximate surface area is 151 Å². The zero-order valence-corrected chi connectivity index (χ0v) is 15.2. The molecule has 7 heteroatoms. The first-order valence-corrected chi connectivity index (χ1v) is 8.16. The Morgan fingerprint density at radius 3 is 2.54 bits per heavy atom. The monoisotopic (exact) mass is 360 g/mol. The molecular weight excluding hydrogens is 339 g/mol. The van der Waals surface area contributed by atoms with Gasteiger partial charge in [-0.25, -0.2) is 9.18 Å². The molecule has 138 valence electrons. The van der Waals surface area contributed by atoms with Crippen LogP contribution in [0.5, 0.6) is 0 Å². The Hall–Kier alpha value is -2.96. The maximum absolute atomic E-state index is 13.3. The first-order valence-electron chi connectivity index (χ1n) is 8.16. The van der Waals surface area contributed by atoms with Crippen molar-refractivity contribution in [1.29, 1.82) is 0 Å². The van der Waals surface area contributed by atoms with E-state index in [1.54, 1.807) is 20.8 Å². The average Bonchev–Trinajstić information content (AvgIpc) is 2.89. The number of H-pyrrole nitrogens is 1. The molecule has 2 aromatic rings. The number of halogens is 1. The summed E-state index contributed by atoms with van der Waals surface area (Å²) in [4.78, 5) is 41.0. The van der Waals surface area contributed by atoms with Crippen molar-refractivity contribution in [3.8, 4) is 0 Å². The van der Waals surface area contributed by atoms with Gasteiger partial charge in [-0.2, -0.15) is 0 Å². The van der Waals surface area contributed by atoms with E-state index in [2.05, 4.69) is 4.98 Å². The second-order valence-corrected chi connectivity index (χ2v) is 5.94. The number of hydrogen-bond donors (Lipinski definition) is 1. The van der Waals surface area contributed by atoms with E-state index in [0.717, 1.165) is 6.07 Å². The van der Waals surface area contributed by atoms with Gasteiger partial charge in [0.15, 0.2) is 5.78 Å². The fourth-order valence-electron chi connectivity index (χ4n) is 2.78. The molecule has 0 fully saturated rings. The Bertz CT molecular complexity index is 857. The van der Waals surface area contributed by atoms with Crippen molar-refractivity contribution in [2.75, 3.05) is 20.2 Å². The molecule has 1 amide bonds. The quantitative estimate of drug-likeness (QED) is 0.635. The summed E-state index contributed by atoms with van der Waals surface area (Å²) in [5.41, 5.74) is 1.76. The highest BCUT2D eigenvalue weighted by Gasteiger charge is 2.24. The normalized spacial score (nSPS) is 10.5. The number of benzene rings is 1. The molecule has 0 bridgehead atoms. The first-order chi connectivity index (χ1) is 12.3. The fraction of sp³-hybridized carbons (Fsp3) is 0.316. The van der Waals surface area contributed by atoms with Crippen LogP contribution in [0, 0.1) is 19.7 Å². The summed E-state index contributed by atoms with van der Waals surface area (Å²) in [6, 6.07) is 5.28. The van der Waals surface area contributed by atoms with Crippen LogP contribution in [0.25, 0.3) is 0 Å². The third-order valence-corrected chi connectivity index (χ3v) is 3.99. The topological polar surface area (TPSA) is 79.5 Å². The minimum Gasteiger partial charge on any atom is -0.461 e. The number of nitrogens with zero attached hydrogens (tertiary/aromatic N) is 1. The molecule has 0 atom stereocenters. The van der Waals surface area contributed by atoms with Gasteiger partial charge in [0.25, 0.3) is 5.91 Å². The van der Waals surface area contributed by atoms with E-state index < -0.39 is 17.7 Å². The van der Waals surface area contributed by atoms with Gasteiger partial charge in [-0.05, 0) is 44.5 Å². The van der Waals surface area contributed by atoms with Crippen molar-refractivity contribution >= 4 is 17.7 Å². The Morgan fingerprint density at radius 1 is 1.23 bits per heavy atom. The van der Waals surface area contributed by atoms with Crippen molar-refractivity contribution in [2.24, 2.45) is 0 Å². The lowest BCUT2D eigenvalue weighted by Gasteiger charge is -2.16. The molecule has 26 heavy (non-hydrogen) atoms. The molecule has 1 N–H and O–H groups in total. The van der Waals surface area contributed by atoms with Crippen molar-refractivity contribution in [2.45, 2.75) is 20.8 Å². The molecule has 0 radical (unpaired) electrons. The van der Waals surface area contributed by atoms with Crippen LogP contribution < -0.4 is 0 Å². The molecule has 0 aliphatic heterocycles. The van der Waals surface area contributed by atoms with E-state index in [1.165, 1.54) is 30.1 Å². The minimum absolute atomic E-state index is 0.162. The summed E-state index contributed by atoms with van der Waals surface area (Å²) in [5, 5.41) is 0. The summed E-state index contributed by atoms with van der Waals surface area (Å²) in [6.07, 6.45) is 0. The predicted molar refractivity (Wildman–Crippen MR) is 93.9 cm³/mol. The molecule has 1 heterocycles. The maximum atomic E-state index is 13.3. The first kappa shape index (κ1) is 19.4. The van der Waals surface area contributed by atoms with Crippen LogP contribution in [0.1, 0.15) is 49.4 Å². The number of aromatic amines is 1. The number of rotatable bonds is 6. The summed E-state index contributed by atoms with van der Waals surface area (Å²) < 4.78 is 18.2. The number of hydrogen-bond acceptors (Lipinski definition) is 4. The second kappa shape index (κ2) is 7.95. The van der Waals surface area contributed by atoms with E-state index in [0.29, 0.717) is 16.8 Å². The number of nitrogens with one attached hydrogen (secondary N) is 1. The maximum Gasteiger partial charge on any atom is 0.355 e. The van der Waals surface area contributed by atoms with Crippen LogP contribution in [0.2, 0.25) is 0 Å². The Morgan fingerprint density at radius 2 is 1.92 bits per heavy atom. The number of carbonyl (C=O) groups is 3. The molecule has 0 aliphatic rings. The molecule has 1 aromatic heterocycles. The van der Waals surface area contributed by atoms with Gasteiger partial charge < -0.3 is 14.6 Å². The van der Waals surface area contributed by atoms with E-state index >= 15 is 0 Å². The summed E-state index contributed by atoms with van der Waals surface area (Å²) in [6.45, 7) is 5.05. The standard InChI is InChI=1S/C19H21FN2O4/c1-5-26-19(25)17-11(2)16(12(3)21-17)15(23)10-22(4)18(24)13-7-6-8-14(20)9-13/h6-9,21H,5,10H2,1-4H3. The SMILES string of the molecule is CCOC(=O)c1[nH]c(C)c(C(=O)CN(C)C(=O)c2cccc(F)c2)c1C. The summed E-state index contributed by atoms with van der Waals surface area (Å²) >= 11 is 0. The molecule has 6 nitrogen and oxygen atoms in total. The second-order valence-electron chi connectivity index (χ2n) is 5.94. The third kappa shape index (κ3) is 3.99. The molecule has 0 aliphatic carbocycles. The highest BCUT2D eigenvalue weighted by Crippen LogP contribution is 2.20. The van der Waals surface area contributed by atoms with Gasteiger partial charge in [-0.3, -0.25) is 9.59 Å². The van der Waals surface area contributed by atoms with Crippen molar-refractivity contribution < 1.29 is 23.5 Å². The molecule has 0 saturated carbocycles. The lowest BCUT2D eigenvalue weighted by Crippen LogP contribution is -2.32. The van der Waals surface area contributed by atoms with Gasteiger partial charge in [0.1, 0.15) is 11.5 Å². The van der Waals surface area contributed by atoms with Gasteiger partial charge in [0.05, 0.1) is 13.2 Å². The van der Waals surface area contributed by atoms with Gasteiger partial charge >= 0.3 is 5.97 Å². The van der Waals surface area contributed by atoms with Crippen LogP contribution >= 0.6 is 0 Å². The number of ketones is 1.